The van der Waals surface area contributed by atoms with Gasteiger partial charge in [-0.3, -0.25) is 9.59 Å². The van der Waals surface area contributed by atoms with Crippen molar-refractivity contribution in [2.75, 3.05) is 40.3 Å². The Kier molecular flexibility index (Phi) is 5.75. The lowest BCUT2D eigenvalue weighted by molar-refractivity contribution is -0.140. The third-order valence-electron chi connectivity index (χ3n) is 3.32. The summed E-state index contributed by atoms with van der Waals surface area (Å²) in [5.74, 6) is -2.44. The van der Waals surface area contributed by atoms with Crippen molar-refractivity contribution >= 4 is 18.0 Å². The van der Waals surface area contributed by atoms with E-state index in [0.717, 1.165) is 17.7 Å². The van der Waals surface area contributed by atoms with E-state index in [9.17, 15) is 14.4 Å². The summed E-state index contributed by atoms with van der Waals surface area (Å²) in [6.07, 6.45) is 1.79. The third-order valence-corrected chi connectivity index (χ3v) is 3.32. The number of urea groups is 1. The predicted molar refractivity (Wildman–Crippen MR) is 70.5 cm³/mol. The summed E-state index contributed by atoms with van der Waals surface area (Å²) in [4.78, 5) is 38.1. The molecular formula is C12H21N3O5. The summed E-state index contributed by atoms with van der Waals surface area (Å²) in [7, 11) is 3.84. The van der Waals surface area contributed by atoms with E-state index in [1.54, 1.807) is 0 Å². The zero-order chi connectivity index (χ0) is 15.3. The number of rotatable bonds is 5. The van der Waals surface area contributed by atoms with Crippen LogP contribution in [0.3, 0.4) is 0 Å². The lowest BCUT2D eigenvalue weighted by Crippen LogP contribution is -2.53. The number of hydrogen-bond acceptors (Lipinski definition) is 4. The molecule has 2 amide bonds. The van der Waals surface area contributed by atoms with Gasteiger partial charge in [-0.15, -0.1) is 0 Å². The van der Waals surface area contributed by atoms with Crippen LogP contribution in [0.2, 0.25) is 0 Å². The number of carboxylic acid groups (broad SMARTS) is 2. The van der Waals surface area contributed by atoms with E-state index in [2.05, 4.69) is 0 Å². The Balaban J connectivity index is 2.72. The summed E-state index contributed by atoms with van der Waals surface area (Å²) < 4.78 is 0. The molecule has 0 aromatic heterocycles. The zero-order valence-corrected chi connectivity index (χ0v) is 11.8. The molecule has 0 spiro atoms. The molecule has 1 fully saturated rings. The highest BCUT2D eigenvalue weighted by Crippen LogP contribution is 2.15. The maximum absolute atomic E-state index is 12.2. The van der Waals surface area contributed by atoms with Crippen LogP contribution in [-0.2, 0) is 9.59 Å². The minimum Gasteiger partial charge on any atom is -0.480 e. The zero-order valence-electron chi connectivity index (χ0n) is 11.8. The second kappa shape index (κ2) is 7.09. The normalized spacial score (nSPS) is 18.9. The quantitative estimate of drug-likeness (QED) is 0.713. The molecule has 114 valence electrons. The van der Waals surface area contributed by atoms with Gasteiger partial charge in [-0.25, -0.2) is 4.79 Å². The first-order valence-corrected chi connectivity index (χ1v) is 6.45. The number of likely N-dealkylation sites (tertiary alicyclic amines) is 1. The van der Waals surface area contributed by atoms with Crippen LogP contribution in [0, 0.1) is 0 Å². The number of nitrogens with zero attached hydrogens (tertiary/aromatic N) is 3. The molecule has 1 unspecified atom stereocenters. The summed E-state index contributed by atoms with van der Waals surface area (Å²) in [6, 6.07) is -0.314. The smallest absolute Gasteiger partial charge is 0.323 e. The van der Waals surface area contributed by atoms with E-state index in [4.69, 9.17) is 10.2 Å². The average Bonchev–Trinajstić information content (AvgIpc) is 2.36. The van der Waals surface area contributed by atoms with Gasteiger partial charge in [-0.1, -0.05) is 0 Å². The Morgan fingerprint density at radius 2 is 1.70 bits per heavy atom. The SMILES string of the molecule is CN(C)C1CCCN(C(=O)N(CC(=O)O)CC(=O)O)C1. The van der Waals surface area contributed by atoms with Crippen molar-refractivity contribution in [1.82, 2.24) is 14.7 Å². The summed E-state index contributed by atoms with van der Waals surface area (Å²) in [5.41, 5.74) is 0. The van der Waals surface area contributed by atoms with Crippen molar-refractivity contribution in [3.05, 3.63) is 0 Å². The molecule has 1 aliphatic rings. The van der Waals surface area contributed by atoms with Crippen LogP contribution in [0.5, 0.6) is 0 Å². The fourth-order valence-corrected chi connectivity index (χ4v) is 2.27. The van der Waals surface area contributed by atoms with Gasteiger partial charge in [0.15, 0.2) is 0 Å². The van der Waals surface area contributed by atoms with Gasteiger partial charge < -0.3 is 24.9 Å². The van der Waals surface area contributed by atoms with Crippen LogP contribution < -0.4 is 0 Å². The van der Waals surface area contributed by atoms with Crippen LogP contribution >= 0.6 is 0 Å². The van der Waals surface area contributed by atoms with Crippen molar-refractivity contribution in [3.63, 3.8) is 0 Å². The Morgan fingerprint density at radius 1 is 1.15 bits per heavy atom. The number of piperidine rings is 1. The van der Waals surface area contributed by atoms with E-state index in [1.165, 1.54) is 4.90 Å². The first-order chi connectivity index (χ1) is 9.31. The number of hydrogen-bond donors (Lipinski definition) is 2. The molecular weight excluding hydrogens is 266 g/mol. The fraction of sp³-hybridized carbons (Fsp3) is 0.750. The van der Waals surface area contributed by atoms with Gasteiger partial charge in [-0.05, 0) is 26.9 Å². The van der Waals surface area contributed by atoms with Crippen molar-refractivity contribution in [1.29, 1.82) is 0 Å². The van der Waals surface area contributed by atoms with Crippen molar-refractivity contribution in [2.45, 2.75) is 18.9 Å². The minimum atomic E-state index is -1.22. The van der Waals surface area contributed by atoms with E-state index in [1.807, 2.05) is 19.0 Å². The van der Waals surface area contributed by atoms with Gasteiger partial charge in [-0.2, -0.15) is 0 Å². The van der Waals surface area contributed by atoms with E-state index < -0.39 is 31.1 Å². The average molecular weight is 287 g/mol. The van der Waals surface area contributed by atoms with Gasteiger partial charge in [0.25, 0.3) is 0 Å². The highest BCUT2D eigenvalue weighted by atomic mass is 16.4. The number of likely N-dealkylation sites (N-methyl/N-ethyl adjacent to an activating group) is 1. The number of carbonyl (C=O) groups is 3. The molecule has 20 heavy (non-hydrogen) atoms. The molecule has 0 aromatic carbocycles. The predicted octanol–water partition coefficient (Wildman–Crippen LogP) is -0.396. The number of aliphatic carboxylic acids is 2. The topological polar surface area (TPSA) is 101 Å². The van der Waals surface area contributed by atoms with Crippen molar-refractivity contribution in [3.8, 4) is 0 Å². The van der Waals surface area contributed by atoms with E-state index in [0.29, 0.717) is 13.1 Å². The van der Waals surface area contributed by atoms with Crippen molar-refractivity contribution < 1.29 is 24.6 Å². The van der Waals surface area contributed by atoms with E-state index >= 15 is 0 Å². The molecule has 1 saturated heterocycles. The molecule has 0 aromatic rings. The highest BCUT2D eigenvalue weighted by molar-refractivity contribution is 5.84. The fourth-order valence-electron chi connectivity index (χ4n) is 2.27. The summed E-state index contributed by atoms with van der Waals surface area (Å²) in [5, 5.41) is 17.5. The van der Waals surface area contributed by atoms with Gasteiger partial charge in [0.2, 0.25) is 0 Å². The number of carbonyl (C=O) groups excluding carboxylic acids is 1. The van der Waals surface area contributed by atoms with Gasteiger partial charge >= 0.3 is 18.0 Å². The molecule has 0 aliphatic carbocycles. The molecule has 0 radical (unpaired) electrons. The lowest BCUT2D eigenvalue weighted by Gasteiger charge is -2.38. The molecule has 1 aliphatic heterocycles. The third kappa shape index (κ3) is 4.69. The molecule has 2 N–H and O–H groups in total. The molecule has 8 heteroatoms. The molecule has 1 rings (SSSR count). The highest BCUT2D eigenvalue weighted by Gasteiger charge is 2.29. The lowest BCUT2D eigenvalue weighted by atomic mass is 10.1. The molecule has 0 saturated carbocycles. The maximum atomic E-state index is 12.2. The molecule has 1 heterocycles. The minimum absolute atomic E-state index is 0.212. The van der Waals surface area contributed by atoms with Crippen LogP contribution in [0.15, 0.2) is 0 Å². The number of amides is 2. The van der Waals surface area contributed by atoms with Gasteiger partial charge in [0.05, 0.1) is 0 Å². The first-order valence-electron chi connectivity index (χ1n) is 6.45. The maximum Gasteiger partial charge on any atom is 0.323 e. The van der Waals surface area contributed by atoms with Crippen LogP contribution in [0.1, 0.15) is 12.8 Å². The summed E-state index contributed by atoms with van der Waals surface area (Å²) in [6.45, 7) is -0.191. The van der Waals surface area contributed by atoms with E-state index in [-0.39, 0.29) is 6.04 Å². The Bertz CT molecular complexity index is 369. The molecule has 1 atom stereocenters. The Hall–Kier alpha value is -1.83. The van der Waals surface area contributed by atoms with Crippen LogP contribution in [-0.4, -0.2) is 89.2 Å². The van der Waals surface area contributed by atoms with Crippen LogP contribution in [0.25, 0.3) is 0 Å². The largest absolute Gasteiger partial charge is 0.480 e. The summed E-state index contributed by atoms with van der Waals surface area (Å²) >= 11 is 0. The standard InChI is InChI=1S/C12H21N3O5/c1-13(2)9-4-3-5-14(6-9)12(20)15(7-10(16)17)8-11(18)19/h9H,3-8H2,1-2H3,(H,16,17)(H,18,19). The van der Waals surface area contributed by atoms with Gasteiger partial charge in [0.1, 0.15) is 13.1 Å². The van der Waals surface area contributed by atoms with Gasteiger partial charge in [0, 0.05) is 19.1 Å². The Labute approximate surface area is 117 Å². The Morgan fingerprint density at radius 3 is 2.15 bits per heavy atom. The second-order valence-electron chi connectivity index (χ2n) is 5.13. The number of carboxylic acids is 2. The molecule has 0 bridgehead atoms. The van der Waals surface area contributed by atoms with Crippen LogP contribution in [0.4, 0.5) is 4.79 Å². The first kappa shape index (κ1) is 16.2. The van der Waals surface area contributed by atoms with Crippen molar-refractivity contribution in [2.24, 2.45) is 0 Å². The molecule has 8 nitrogen and oxygen atoms in total. The second-order valence-corrected chi connectivity index (χ2v) is 5.13. The monoisotopic (exact) mass is 287 g/mol.